The molecule has 0 saturated heterocycles. The van der Waals surface area contributed by atoms with E-state index in [4.69, 9.17) is 9.15 Å². The van der Waals surface area contributed by atoms with E-state index in [1.165, 1.54) is 12.5 Å². The van der Waals surface area contributed by atoms with Crippen LogP contribution in [0.4, 0.5) is 5.88 Å². The van der Waals surface area contributed by atoms with Gasteiger partial charge in [-0.25, -0.2) is 4.79 Å². The van der Waals surface area contributed by atoms with Gasteiger partial charge in [0.2, 0.25) is 11.8 Å². The van der Waals surface area contributed by atoms with Gasteiger partial charge in [-0.2, -0.15) is 0 Å². The number of carbonyl (C=O) groups excluding carboxylic acids is 3. The van der Waals surface area contributed by atoms with Crippen molar-refractivity contribution in [2.24, 2.45) is 5.92 Å². The standard InChI is InChI=1S/C24H32N2O5/c1-7-17-9-11-18(12-10-17)22(14(3)4)25-13-19(28)26-23-21(24(29)30-8-2)20(15(5)27)16(6)31-23/h9-12,14,22,25H,7-8,13H2,1-6H3,(H,26,28)/t22-/m1/s1. The van der Waals surface area contributed by atoms with Crippen molar-refractivity contribution in [1.82, 2.24) is 5.32 Å². The second-order valence-corrected chi connectivity index (χ2v) is 7.76. The first-order chi connectivity index (χ1) is 14.7. The number of Topliss-reactive ketones (excluding diaryl/α,β-unsaturated/α-hetero) is 1. The molecule has 2 rings (SSSR count). The molecule has 0 bridgehead atoms. The topological polar surface area (TPSA) is 97.6 Å². The van der Waals surface area contributed by atoms with Gasteiger partial charge in [-0.05, 0) is 44.2 Å². The molecule has 1 atom stereocenters. The Morgan fingerprint density at radius 3 is 2.23 bits per heavy atom. The molecule has 1 heterocycles. The number of hydrogen-bond donors (Lipinski definition) is 2. The number of anilines is 1. The van der Waals surface area contributed by atoms with E-state index in [9.17, 15) is 14.4 Å². The molecule has 0 spiro atoms. The highest BCUT2D eigenvalue weighted by Crippen LogP contribution is 2.28. The molecule has 0 aliphatic rings. The van der Waals surface area contributed by atoms with Crippen LogP contribution in [0.15, 0.2) is 28.7 Å². The molecule has 0 radical (unpaired) electrons. The lowest BCUT2D eigenvalue weighted by Crippen LogP contribution is -2.34. The fourth-order valence-corrected chi connectivity index (χ4v) is 3.53. The Balaban J connectivity index is 2.16. The zero-order valence-corrected chi connectivity index (χ0v) is 19.1. The molecule has 7 nitrogen and oxygen atoms in total. The summed E-state index contributed by atoms with van der Waals surface area (Å²) in [6.07, 6.45) is 0.968. The Morgan fingerprint density at radius 1 is 1.06 bits per heavy atom. The predicted molar refractivity (Wildman–Crippen MR) is 119 cm³/mol. The number of nitrogens with one attached hydrogen (secondary N) is 2. The first-order valence-electron chi connectivity index (χ1n) is 10.6. The number of rotatable bonds is 10. The van der Waals surface area contributed by atoms with E-state index >= 15 is 0 Å². The molecule has 1 aromatic carbocycles. The van der Waals surface area contributed by atoms with Crippen LogP contribution in [0.3, 0.4) is 0 Å². The van der Waals surface area contributed by atoms with Gasteiger partial charge in [0.15, 0.2) is 5.78 Å². The number of ketones is 1. The van der Waals surface area contributed by atoms with Gasteiger partial charge >= 0.3 is 5.97 Å². The van der Waals surface area contributed by atoms with Crippen molar-refractivity contribution in [3.8, 4) is 0 Å². The quantitative estimate of drug-likeness (QED) is 0.428. The third-order valence-corrected chi connectivity index (χ3v) is 5.07. The van der Waals surface area contributed by atoms with Crippen LogP contribution >= 0.6 is 0 Å². The lowest BCUT2D eigenvalue weighted by atomic mass is 9.95. The van der Waals surface area contributed by atoms with Crippen LogP contribution < -0.4 is 10.6 Å². The maximum Gasteiger partial charge on any atom is 0.344 e. The molecule has 168 valence electrons. The number of amides is 1. The minimum absolute atomic E-state index is 0.00972. The van der Waals surface area contributed by atoms with Crippen molar-refractivity contribution in [3.05, 3.63) is 52.3 Å². The molecule has 7 heteroatoms. The predicted octanol–water partition coefficient (Wildman–Crippen LogP) is 4.46. The van der Waals surface area contributed by atoms with Crippen molar-refractivity contribution in [3.63, 3.8) is 0 Å². The Morgan fingerprint density at radius 2 is 1.71 bits per heavy atom. The van der Waals surface area contributed by atoms with Crippen LogP contribution in [0, 0.1) is 12.8 Å². The molecular weight excluding hydrogens is 396 g/mol. The second kappa shape index (κ2) is 10.9. The molecule has 2 N–H and O–H groups in total. The van der Waals surface area contributed by atoms with Gasteiger partial charge in [0.05, 0.1) is 18.7 Å². The van der Waals surface area contributed by atoms with Gasteiger partial charge in [0.1, 0.15) is 11.3 Å². The van der Waals surface area contributed by atoms with Crippen LogP contribution in [0.2, 0.25) is 0 Å². The number of hydrogen-bond acceptors (Lipinski definition) is 6. The minimum Gasteiger partial charge on any atom is -0.462 e. The zero-order valence-electron chi connectivity index (χ0n) is 19.1. The van der Waals surface area contributed by atoms with Crippen molar-refractivity contribution in [1.29, 1.82) is 0 Å². The van der Waals surface area contributed by atoms with Crippen LogP contribution in [0.5, 0.6) is 0 Å². The van der Waals surface area contributed by atoms with Crippen LogP contribution in [0.25, 0.3) is 0 Å². The maximum atomic E-state index is 12.6. The van der Waals surface area contributed by atoms with E-state index in [1.807, 2.05) is 0 Å². The summed E-state index contributed by atoms with van der Waals surface area (Å²) in [5, 5.41) is 5.88. The van der Waals surface area contributed by atoms with Crippen LogP contribution in [-0.2, 0) is 16.0 Å². The Bertz CT molecular complexity index is 928. The number of benzene rings is 1. The summed E-state index contributed by atoms with van der Waals surface area (Å²) in [5.41, 5.74) is 2.43. The number of esters is 1. The number of furan rings is 1. The van der Waals surface area contributed by atoms with Gasteiger partial charge in [-0.1, -0.05) is 45.0 Å². The monoisotopic (exact) mass is 428 g/mol. The lowest BCUT2D eigenvalue weighted by Gasteiger charge is -2.23. The van der Waals surface area contributed by atoms with E-state index in [2.05, 4.69) is 55.7 Å². The summed E-state index contributed by atoms with van der Waals surface area (Å²) in [6.45, 7) is 11.0. The fraction of sp³-hybridized carbons (Fsp3) is 0.458. The van der Waals surface area contributed by atoms with Crippen LogP contribution in [0.1, 0.15) is 78.3 Å². The first kappa shape index (κ1) is 24.3. The minimum atomic E-state index is -0.705. The van der Waals surface area contributed by atoms with Crippen molar-refractivity contribution >= 4 is 23.5 Å². The summed E-state index contributed by atoms with van der Waals surface area (Å²) in [7, 11) is 0. The third kappa shape index (κ3) is 6.04. The molecule has 31 heavy (non-hydrogen) atoms. The van der Waals surface area contributed by atoms with E-state index in [-0.39, 0.29) is 59.6 Å². The number of aryl methyl sites for hydroxylation is 2. The Hall–Kier alpha value is -2.93. The third-order valence-electron chi connectivity index (χ3n) is 5.07. The summed E-state index contributed by atoms with van der Waals surface area (Å²) >= 11 is 0. The zero-order chi connectivity index (χ0) is 23.1. The molecule has 0 aliphatic heterocycles. The van der Waals surface area contributed by atoms with E-state index in [1.54, 1.807) is 13.8 Å². The summed E-state index contributed by atoms with van der Waals surface area (Å²) in [6, 6.07) is 8.30. The normalized spacial score (nSPS) is 12.0. The highest BCUT2D eigenvalue weighted by atomic mass is 16.5. The van der Waals surface area contributed by atoms with Crippen molar-refractivity contribution in [2.75, 3.05) is 18.5 Å². The molecule has 0 fully saturated rings. The van der Waals surface area contributed by atoms with Crippen molar-refractivity contribution in [2.45, 2.75) is 54.0 Å². The molecule has 0 saturated carbocycles. The van der Waals surface area contributed by atoms with Crippen LogP contribution in [-0.4, -0.2) is 30.8 Å². The maximum absolute atomic E-state index is 12.6. The average molecular weight is 429 g/mol. The van der Waals surface area contributed by atoms with E-state index < -0.39 is 5.97 Å². The Kier molecular flexibility index (Phi) is 8.56. The summed E-state index contributed by atoms with van der Waals surface area (Å²) in [5.74, 6) is -0.978. The van der Waals surface area contributed by atoms with Gasteiger partial charge in [0, 0.05) is 6.04 Å². The lowest BCUT2D eigenvalue weighted by molar-refractivity contribution is -0.115. The first-order valence-corrected chi connectivity index (χ1v) is 10.6. The summed E-state index contributed by atoms with van der Waals surface area (Å²) in [4.78, 5) is 37.0. The summed E-state index contributed by atoms with van der Waals surface area (Å²) < 4.78 is 10.6. The molecule has 2 aromatic rings. The Labute approximate surface area is 183 Å². The number of carbonyl (C=O) groups is 3. The largest absolute Gasteiger partial charge is 0.462 e. The molecule has 0 aliphatic carbocycles. The fourth-order valence-electron chi connectivity index (χ4n) is 3.53. The molecular formula is C24H32N2O5. The van der Waals surface area contributed by atoms with Gasteiger partial charge in [-0.3, -0.25) is 14.9 Å². The molecule has 0 unspecified atom stereocenters. The highest BCUT2D eigenvalue weighted by molar-refractivity contribution is 6.10. The molecule has 1 amide bonds. The average Bonchev–Trinajstić information content (AvgIpc) is 3.04. The molecule has 1 aromatic heterocycles. The smallest absolute Gasteiger partial charge is 0.344 e. The number of ether oxygens (including phenoxy) is 1. The van der Waals surface area contributed by atoms with Gasteiger partial charge < -0.3 is 14.5 Å². The van der Waals surface area contributed by atoms with Gasteiger partial charge in [-0.15, -0.1) is 0 Å². The van der Waals surface area contributed by atoms with E-state index in [0.717, 1.165) is 12.0 Å². The van der Waals surface area contributed by atoms with E-state index in [0.29, 0.717) is 0 Å². The SMILES string of the molecule is CCOC(=O)c1c(NC(=O)CN[C@@H](c2ccc(CC)cc2)C(C)C)oc(C)c1C(C)=O. The second-order valence-electron chi connectivity index (χ2n) is 7.76. The van der Waals surface area contributed by atoms with Crippen molar-refractivity contribution < 1.29 is 23.5 Å². The van der Waals surface area contributed by atoms with Gasteiger partial charge in [0.25, 0.3) is 0 Å². The highest BCUT2D eigenvalue weighted by Gasteiger charge is 2.29.